The Morgan fingerprint density at radius 2 is 1.93 bits per heavy atom. The number of benzene rings is 1. The summed E-state index contributed by atoms with van der Waals surface area (Å²) in [5.41, 5.74) is 0.868. The Labute approximate surface area is 171 Å². The van der Waals surface area contributed by atoms with Gasteiger partial charge in [0.25, 0.3) is 0 Å². The lowest BCUT2D eigenvalue weighted by atomic mass is 9.93. The van der Waals surface area contributed by atoms with Crippen LogP contribution in [0.15, 0.2) is 28.8 Å². The van der Waals surface area contributed by atoms with Crippen LogP contribution in [-0.2, 0) is 4.79 Å². The highest BCUT2D eigenvalue weighted by molar-refractivity contribution is 5.76. The Kier molecular flexibility index (Phi) is 5.99. The molecule has 0 atom stereocenters. The maximum atomic E-state index is 12.6. The van der Waals surface area contributed by atoms with E-state index >= 15 is 0 Å². The third kappa shape index (κ3) is 4.70. The lowest BCUT2D eigenvalue weighted by Gasteiger charge is -2.35. The van der Waals surface area contributed by atoms with E-state index in [0.717, 1.165) is 63.4 Å². The van der Waals surface area contributed by atoms with Crippen LogP contribution in [0.3, 0.4) is 0 Å². The zero-order valence-corrected chi connectivity index (χ0v) is 17.2. The molecule has 4 rings (SSSR count). The van der Waals surface area contributed by atoms with Crippen LogP contribution in [0.2, 0.25) is 0 Å². The first-order valence-electron chi connectivity index (χ1n) is 10.3. The summed E-state index contributed by atoms with van der Waals surface area (Å²) in [5, 5.41) is 4.12. The number of aromatic nitrogens is 2. The Morgan fingerprint density at radius 1 is 1.17 bits per heavy atom. The smallest absolute Gasteiger partial charge is 0.324 e. The van der Waals surface area contributed by atoms with Crippen molar-refractivity contribution in [3.05, 3.63) is 24.3 Å². The molecule has 29 heavy (non-hydrogen) atoms. The van der Waals surface area contributed by atoms with Crippen molar-refractivity contribution in [2.24, 2.45) is 5.92 Å². The molecule has 2 aliphatic rings. The van der Waals surface area contributed by atoms with Crippen molar-refractivity contribution in [1.82, 2.24) is 19.9 Å². The second-order valence-corrected chi connectivity index (χ2v) is 7.95. The molecule has 8 heteroatoms. The summed E-state index contributed by atoms with van der Waals surface area (Å²) in [5.74, 6) is 2.06. The van der Waals surface area contributed by atoms with Crippen molar-refractivity contribution in [1.29, 1.82) is 0 Å². The Hall–Kier alpha value is -2.61. The van der Waals surface area contributed by atoms with Crippen LogP contribution in [0.5, 0.6) is 5.75 Å². The Balaban J connectivity index is 1.30. The standard InChI is InChI=1S/C21H29N5O3/c1-24-10-12-25(13-11-24)19(27)14-16-6-8-26(9-7-16)21-22-20(23-29-21)17-4-3-5-18(15-17)28-2/h3-5,15-16H,6-14H2,1-2H3. The quantitative estimate of drug-likeness (QED) is 0.762. The summed E-state index contributed by atoms with van der Waals surface area (Å²) in [6.45, 7) is 5.31. The normalized spacial score (nSPS) is 18.8. The van der Waals surface area contributed by atoms with Gasteiger partial charge in [-0.05, 0) is 37.9 Å². The monoisotopic (exact) mass is 399 g/mol. The molecule has 1 aromatic heterocycles. The second kappa shape index (κ2) is 8.82. The van der Waals surface area contributed by atoms with E-state index in [-0.39, 0.29) is 0 Å². The summed E-state index contributed by atoms with van der Waals surface area (Å²) in [6, 6.07) is 8.18. The highest BCUT2D eigenvalue weighted by atomic mass is 16.5. The lowest BCUT2D eigenvalue weighted by Crippen LogP contribution is -2.47. The first kappa shape index (κ1) is 19.7. The van der Waals surface area contributed by atoms with Crippen LogP contribution in [0.4, 0.5) is 6.01 Å². The van der Waals surface area contributed by atoms with Crippen molar-refractivity contribution in [2.75, 3.05) is 58.3 Å². The van der Waals surface area contributed by atoms with Crippen molar-refractivity contribution in [2.45, 2.75) is 19.3 Å². The fourth-order valence-corrected chi connectivity index (χ4v) is 3.98. The number of piperidine rings is 1. The van der Waals surface area contributed by atoms with Gasteiger partial charge in [-0.15, -0.1) is 0 Å². The second-order valence-electron chi connectivity index (χ2n) is 7.95. The number of likely N-dealkylation sites (N-methyl/N-ethyl adjacent to an activating group) is 1. The van der Waals surface area contributed by atoms with Gasteiger partial charge in [-0.2, -0.15) is 4.98 Å². The largest absolute Gasteiger partial charge is 0.497 e. The molecule has 8 nitrogen and oxygen atoms in total. The van der Waals surface area contributed by atoms with E-state index in [0.29, 0.717) is 30.1 Å². The number of methoxy groups -OCH3 is 1. The molecule has 2 fully saturated rings. The first-order chi connectivity index (χ1) is 14.1. The van der Waals surface area contributed by atoms with Gasteiger partial charge in [0, 0.05) is 51.3 Å². The van der Waals surface area contributed by atoms with Crippen molar-refractivity contribution >= 4 is 11.9 Å². The molecular formula is C21H29N5O3. The zero-order chi connectivity index (χ0) is 20.2. The lowest BCUT2D eigenvalue weighted by molar-refractivity contribution is -0.133. The maximum Gasteiger partial charge on any atom is 0.324 e. The number of hydrogen-bond donors (Lipinski definition) is 0. The molecule has 1 amide bonds. The van der Waals surface area contributed by atoms with Gasteiger partial charge in [-0.1, -0.05) is 17.3 Å². The van der Waals surface area contributed by atoms with Gasteiger partial charge in [0.05, 0.1) is 7.11 Å². The molecule has 0 saturated carbocycles. The van der Waals surface area contributed by atoms with E-state index in [1.54, 1.807) is 7.11 Å². The van der Waals surface area contributed by atoms with Gasteiger partial charge >= 0.3 is 6.01 Å². The molecule has 2 aromatic rings. The number of carbonyl (C=O) groups is 1. The van der Waals surface area contributed by atoms with Crippen LogP contribution in [0.25, 0.3) is 11.4 Å². The zero-order valence-electron chi connectivity index (χ0n) is 17.2. The molecule has 2 saturated heterocycles. The predicted molar refractivity (Wildman–Crippen MR) is 110 cm³/mol. The van der Waals surface area contributed by atoms with Crippen LogP contribution in [0.1, 0.15) is 19.3 Å². The summed E-state index contributed by atoms with van der Waals surface area (Å²) in [7, 11) is 3.74. The number of hydrogen-bond acceptors (Lipinski definition) is 7. The van der Waals surface area contributed by atoms with Crippen molar-refractivity contribution in [3.63, 3.8) is 0 Å². The first-order valence-corrected chi connectivity index (χ1v) is 10.3. The summed E-state index contributed by atoms with van der Waals surface area (Å²) in [4.78, 5) is 23.5. The SMILES string of the molecule is COc1cccc(-c2noc(N3CCC(CC(=O)N4CCN(C)CC4)CC3)n2)c1. The van der Waals surface area contributed by atoms with Crippen molar-refractivity contribution < 1.29 is 14.1 Å². The molecular weight excluding hydrogens is 370 g/mol. The fraction of sp³-hybridized carbons (Fsp3) is 0.571. The molecule has 0 aliphatic carbocycles. The van der Waals surface area contributed by atoms with E-state index < -0.39 is 0 Å². The van der Waals surface area contributed by atoms with Gasteiger partial charge in [-0.3, -0.25) is 4.79 Å². The highest BCUT2D eigenvalue weighted by Crippen LogP contribution is 2.27. The van der Waals surface area contributed by atoms with Gasteiger partial charge < -0.3 is 24.0 Å². The third-order valence-corrected chi connectivity index (χ3v) is 5.95. The van der Waals surface area contributed by atoms with E-state index in [9.17, 15) is 4.79 Å². The van der Waals surface area contributed by atoms with E-state index in [1.165, 1.54) is 0 Å². The molecule has 0 spiro atoms. The number of anilines is 1. The van der Waals surface area contributed by atoms with Crippen LogP contribution in [-0.4, -0.2) is 79.3 Å². The van der Waals surface area contributed by atoms with Crippen LogP contribution < -0.4 is 9.64 Å². The molecule has 156 valence electrons. The van der Waals surface area contributed by atoms with Crippen LogP contribution in [0, 0.1) is 5.92 Å². The molecule has 0 radical (unpaired) electrons. The summed E-state index contributed by atoms with van der Waals surface area (Å²) < 4.78 is 10.8. The average molecular weight is 399 g/mol. The molecule has 3 heterocycles. The van der Waals surface area contributed by atoms with Crippen LogP contribution >= 0.6 is 0 Å². The molecule has 1 aromatic carbocycles. The number of piperazine rings is 1. The predicted octanol–water partition coefficient (Wildman–Crippen LogP) is 2.13. The van der Waals surface area contributed by atoms with E-state index in [1.807, 2.05) is 29.2 Å². The Bertz CT molecular complexity index is 823. The molecule has 2 aliphatic heterocycles. The maximum absolute atomic E-state index is 12.6. The van der Waals surface area contributed by atoms with Gasteiger partial charge in [-0.25, -0.2) is 0 Å². The number of nitrogens with zero attached hydrogens (tertiary/aromatic N) is 5. The minimum absolute atomic E-state index is 0.301. The number of carbonyl (C=O) groups excluding carboxylic acids is 1. The third-order valence-electron chi connectivity index (χ3n) is 5.95. The van der Waals surface area contributed by atoms with Gasteiger partial charge in [0.15, 0.2) is 0 Å². The molecule has 0 bridgehead atoms. The highest BCUT2D eigenvalue weighted by Gasteiger charge is 2.27. The van der Waals surface area contributed by atoms with E-state index in [4.69, 9.17) is 9.26 Å². The van der Waals surface area contributed by atoms with Gasteiger partial charge in [0.1, 0.15) is 5.75 Å². The van der Waals surface area contributed by atoms with E-state index in [2.05, 4.69) is 27.0 Å². The topological polar surface area (TPSA) is 74.9 Å². The fourth-order valence-electron chi connectivity index (χ4n) is 3.98. The number of ether oxygens (including phenoxy) is 1. The molecule has 0 N–H and O–H groups in total. The molecule has 0 unspecified atom stereocenters. The summed E-state index contributed by atoms with van der Waals surface area (Å²) >= 11 is 0. The summed E-state index contributed by atoms with van der Waals surface area (Å²) in [6.07, 6.45) is 2.59. The minimum Gasteiger partial charge on any atom is -0.497 e. The van der Waals surface area contributed by atoms with Gasteiger partial charge in [0.2, 0.25) is 11.7 Å². The Morgan fingerprint density at radius 3 is 2.66 bits per heavy atom. The minimum atomic E-state index is 0.301. The number of amides is 1. The average Bonchev–Trinajstić information content (AvgIpc) is 3.25. The number of rotatable bonds is 5. The van der Waals surface area contributed by atoms with Crippen molar-refractivity contribution in [3.8, 4) is 17.1 Å².